The normalized spacial score (nSPS) is 15.9. The number of anilines is 2. The molecule has 3 aromatic rings. The molecule has 184 valence electrons. The standard InChI is InChI=1S/C25H36N6O3/c1-16(13-25(2,3)33)28-24-29-22(26-14-17-12-19(34-4)10-11-20(17)32)21-23(30-24)31(15-27-21)18-8-6-5-7-9-18/h10-12,15-16,18,32-33H,5-9,13-14H2,1-4H3,(H2,26,28,29,30). The van der Waals surface area contributed by atoms with Crippen molar-refractivity contribution in [3.63, 3.8) is 0 Å². The van der Waals surface area contributed by atoms with Crippen LogP contribution in [0.5, 0.6) is 11.5 Å². The molecule has 1 aromatic carbocycles. The van der Waals surface area contributed by atoms with Gasteiger partial charge in [0.1, 0.15) is 11.5 Å². The molecule has 2 heterocycles. The molecule has 1 saturated carbocycles. The Bertz CT molecular complexity index is 1120. The van der Waals surface area contributed by atoms with Gasteiger partial charge in [-0.25, -0.2) is 4.98 Å². The summed E-state index contributed by atoms with van der Waals surface area (Å²) in [7, 11) is 1.60. The van der Waals surface area contributed by atoms with E-state index in [9.17, 15) is 10.2 Å². The summed E-state index contributed by atoms with van der Waals surface area (Å²) in [6.07, 6.45) is 8.36. The van der Waals surface area contributed by atoms with Gasteiger partial charge in [-0.05, 0) is 58.2 Å². The molecule has 4 N–H and O–H groups in total. The fourth-order valence-electron chi connectivity index (χ4n) is 4.76. The van der Waals surface area contributed by atoms with Gasteiger partial charge in [-0.15, -0.1) is 0 Å². The second kappa shape index (κ2) is 10.0. The van der Waals surface area contributed by atoms with Crippen LogP contribution in [0.15, 0.2) is 24.5 Å². The second-order valence-corrected chi connectivity index (χ2v) is 9.92. The Morgan fingerprint density at radius 2 is 1.97 bits per heavy atom. The quantitative estimate of drug-likeness (QED) is 0.359. The third-order valence-corrected chi connectivity index (χ3v) is 6.30. The lowest BCUT2D eigenvalue weighted by atomic mass is 9.95. The number of rotatable bonds is 9. The Hall–Kier alpha value is -3.07. The summed E-state index contributed by atoms with van der Waals surface area (Å²) in [4.78, 5) is 14.2. The van der Waals surface area contributed by atoms with Crippen molar-refractivity contribution in [1.29, 1.82) is 0 Å². The summed E-state index contributed by atoms with van der Waals surface area (Å²) in [5, 5.41) is 27.2. The van der Waals surface area contributed by atoms with Crippen LogP contribution in [0, 0.1) is 0 Å². The molecular formula is C25H36N6O3. The summed E-state index contributed by atoms with van der Waals surface area (Å²) < 4.78 is 7.47. The zero-order valence-corrected chi connectivity index (χ0v) is 20.5. The van der Waals surface area contributed by atoms with Gasteiger partial charge in [0.25, 0.3) is 0 Å². The first-order valence-corrected chi connectivity index (χ1v) is 12.1. The number of aliphatic hydroxyl groups is 1. The summed E-state index contributed by atoms with van der Waals surface area (Å²) in [6, 6.07) is 5.49. The van der Waals surface area contributed by atoms with Crippen LogP contribution in [0.1, 0.15) is 70.9 Å². The van der Waals surface area contributed by atoms with E-state index in [4.69, 9.17) is 14.7 Å². The van der Waals surface area contributed by atoms with Crippen molar-refractivity contribution in [1.82, 2.24) is 19.5 Å². The van der Waals surface area contributed by atoms with E-state index < -0.39 is 5.60 Å². The molecule has 1 atom stereocenters. The molecule has 0 aliphatic heterocycles. The van der Waals surface area contributed by atoms with Crippen molar-refractivity contribution < 1.29 is 14.9 Å². The first kappa shape index (κ1) is 24.1. The van der Waals surface area contributed by atoms with Crippen LogP contribution in [0.4, 0.5) is 11.8 Å². The average molecular weight is 469 g/mol. The van der Waals surface area contributed by atoms with Gasteiger partial charge in [0, 0.05) is 24.2 Å². The molecule has 9 heteroatoms. The predicted octanol–water partition coefficient (Wildman–Crippen LogP) is 4.62. The Labute approximate surface area is 200 Å². The third kappa shape index (κ3) is 5.70. The molecule has 0 amide bonds. The molecule has 34 heavy (non-hydrogen) atoms. The summed E-state index contributed by atoms with van der Waals surface area (Å²) in [5.74, 6) is 1.94. The lowest BCUT2D eigenvalue weighted by Gasteiger charge is -2.24. The summed E-state index contributed by atoms with van der Waals surface area (Å²) in [6.45, 7) is 5.94. The van der Waals surface area contributed by atoms with Gasteiger partial charge in [-0.3, -0.25) is 0 Å². The average Bonchev–Trinajstić information content (AvgIpc) is 3.21. The van der Waals surface area contributed by atoms with Gasteiger partial charge in [0.2, 0.25) is 5.95 Å². The van der Waals surface area contributed by atoms with Crippen molar-refractivity contribution in [3.05, 3.63) is 30.1 Å². The van der Waals surface area contributed by atoms with Gasteiger partial charge in [-0.1, -0.05) is 19.3 Å². The molecule has 1 fully saturated rings. The van der Waals surface area contributed by atoms with Gasteiger partial charge in [0.05, 0.1) is 19.0 Å². The van der Waals surface area contributed by atoms with Crippen molar-refractivity contribution in [2.45, 2.75) is 83.5 Å². The molecular weight excluding hydrogens is 432 g/mol. The Balaban J connectivity index is 1.66. The number of imidazole rings is 1. The lowest BCUT2D eigenvalue weighted by molar-refractivity contribution is 0.0672. The zero-order valence-electron chi connectivity index (χ0n) is 20.5. The van der Waals surface area contributed by atoms with Crippen LogP contribution in [0.3, 0.4) is 0 Å². The maximum atomic E-state index is 10.3. The molecule has 1 unspecified atom stereocenters. The molecule has 0 saturated heterocycles. The molecule has 1 aliphatic carbocycles. The van der Waals surface area contributed by atoms with E-state index in [0.29, 0.717) is 47.6 Å². The van der Waals surface area contributed by atoms with E-state index in [1.54, 1.807) is 39.2 Å². The van der Waals surface area contributed by atoms with Crippen LogP contribution in [-0.4, -0.2) is 48.5 Å². The summed E-state index contributed by atoms with van der Waals surface area (Å²) >= 11 is 0. The Morgan fingerprint density at radius 3 is 2.68 bits per heavy atom. The minimum Gasteiger partial charge on any atom is -0.508 e. The van der Waals surface area contributed by atoms with Crippen molar-refractivity contribution in [2.75, 3.05) is 17.7 Å². The van der Waals surface area contributed by atoms with Crippen molar-refractivity contribution >= 4 is 22.9 Å². The highest BCUT2D eigenvalue weighted by Gasteiger charge is 2.22. The zero-order chi connectivity index (χ0) is 24.3. The number of nitrogens with one attached hydrogen (secondary N) is 2. The molecule has 0 radical (unpaired) electrons. The Kier molecular flexibility index (Phi) is 7.11. The first-order chi connectivity index (χ1) is 16.2. The number of aromatic hydroxyl groups is 1. The smallest absolute Gasteiger partial charge is 0.226 e. The van der Waals surface area contributed by atoms with E-state index in [0.717, 1.165) is 18.5 Å². The van der Waals surface area contributed by atoms with E-state index in [2.05, 4.69) is 20.2 Å². The third-order valence-electron chi connectivity index (χ3n) is 6.30. The number of aromatic nitrogens is 4. The highest BCUT2D eigenvalue weighted by molar-refractivity contribution is 5.84. The van der Waals surface area contributed by atoms with E-state index >= 15 is 0 Å². The fraction of sp³-hybridized carbons (Fsp3) is 0.560. The Morgan fingerprint density at radius 1 is 1.21 bits per heavy atom. The van der Waals surface area contributed by atoms with Gasteiger partial charge < -0.3 is 30.2 Å². The summed E-state index contributed by atoms with van der Waals surface area (Å²) in [5.41, 5.74) is 1.39. The van der Waals surface area contributed by atoms with Crippen LogP contribution < -0.4 is 15.4 Å². The van der Waals surface area contributed by atoms with Gasteiger partial charge in [-0.2, -0.15) is 9.97 Å². The minimum absolute atomic E-state index is 0.0289. The highest BCUT2D eigenvalue weighted by atomic mass is 16.5. The number of hydrogen-bond acceptors (Lipinski definition) is 8. The lowest BCUT2D eigenvalue weighted by Crippen LogP contribution is -2.29. The largest absolute Gasteiger partial charge is 0.508 e. The maximum absolute atomic E-state index is 10.3. The number of hydrogen-bond donors (Lipinski definition) is 4. The minimum atomic E-state index is -0.800. The second-order valence-electron chi connectivity index (χ2n) is 9.92. The van der Waals surface area contributed by atoms with Crippen molar-refractivity contribution in [2.24, 2.45) is 0 Å². The van der Waals surface area contributed by atoms with Crippen LogP contribution >= 0.6 is 0 Å². The monoisotopic (exact) mass is 468 g/mol. The molecule has 1 aliphatic rings. The van der Waals surface area contributed by atoms with Crippen molar-refractivity contribution in [3.8, 4) is 11.5 Å². The fourth-order valence-corrected chi connectivity index (χ4v) is 4.76. The number of phenolic OH excluding ortho intramolecular Hbond substituents is 1. The number of benzene rings is 1. The molecule has 0 bridgehead atoms. The van der Waals surface area contributed by atoms with Crippen LogP contribution in [0.25, 0.3) is 11.2 Å². The first-order valence-electron chi connectivity index (χ1n) is 12.1. The molecule has 2 aromatic heterocycles. The number of nitrogens with zero attached hydrogens (tertiary/aromatic N) is 4. The maximum Gasteiger partial charge on any atom is 0.226 e. The van der Waals surface area contributed by atoms with E-state index in [1.807, 2.05) is 13.3 Å². The van der Waals surface area contributed by atoms with Crippen LogP contribution in [-0.2, 0) is 6.54 Å². The number of fused-ring (bicyclic) bond motifs is 1. The number of methoxy groups -OCH3 is 1. The molecule has 0 spiro atoms. The topological polar surface area (TPSA) is 117 Å². The van der Waals surface area contributed by atoms with Gasteiger partial charge >= 0.3 is 0 Å². The predicted molar refractivity (Wildman–Crippen MR) is 133 cm³/mol. The van der Waals surface area contributed by atoms with Gasteiger partial charge in [0.15, 0.2) is 17.0 Å². The van der Waals surface area contributed by atoms with E-state index in [-0.39, 0.29) is 11.8 Å². The van der Waals surface area contributed by atoms with E-state index in [1.165, 1.54) is 19.3 Å². The number of ether oxygens (including phenoxy) is 1. The molecule has 4 rings (SSSR count). The SMILES string of the molecule is COc1ccc(O)c(CNc2nc(NC(C)CC(C)(C)O)nc3c2ncn3C2CCCCC2)c1. The molecule has 9 nitrogen and oxygen atoms in total. The van der Waals surface area contributed by atoms with Crippen LogP contribution in [0.2, 0.25) is 0 Å². The highest BCUT2D eigenvalue weighted by Crippen LogP contribution is 2.32. The number of phenols is 1.